The fourth-order valence-electron chi connectivity index (χ4n) is 2.64. The summed E-state index contributed by atoms with van der Waals surface area (Å²) in [7, 11) is 1.37. The van der Waals surface area contributed by atoms with Crippen LogP contribution in [0.2, 0.25) is 0 Å². The molecule has 2 atom stereocenters. The predicted molar refractivity (Wildman–Crippen MR) is 83.2 cm³/mol. The van der Waals surface area contributed by atoms with E-state index < -0.39 is 0 Å². The average Bonchev–Trinajstić information content (AvgIpc) is 2.86. The maximum Gasteiger partial charge on any atom is 0.337 e. The van der Waals surface area contributed by atoms with Crippen molar-refractivity contribution in [2.24, 2.45) is 0 Å². The van der Waals surface area contributed by atoms with Crippen LogP contribution in [0.25, 0.3) is 0 Å². The van der Waals surface area contributed by atoms with Gasteiger partial charge in [0.25, 0.3) is 0 Å². The first-order valence-electron chi connectivity index (χ1n) is 7.35. The van der Waals surface area contributed by atoms with Gasteiger partial charge in [0.05, 0.1) is 24.1 Å². The largest absolute Gasteiger partial charge is 0.492 e. The first kappa shape index (κ1) is 16.1. The molecule has 1 heterocycles. The van der Waals surface area contributed by atoms with Crippen LogP contribution in [0.3, 0.4) is 0 Å². The van der Waals surface area contributed by atoms with E-state index >= 15 is 0 Å². The highest BCUT2D eigenvalue weighted by Gasteiger charge is 2.32. The summed E-state index contributed by atoms with van der Waals surface area (Å²) in [6.07, 6.45) is 2.13. The topological polar surface area (TPSA) is 38.8 Å². The first-order chi connectivity index (χ1) is 10.2. The summed E-state index contributed by atoms with van der Waals surface area (Å²) in [5.74, 6) is 0.405. The van der Waals surface area contributed by atoms with E-state index in [0.717, 1.165) is 31.7 Å². The number of carbonyl (C=O) groups excluding carboxylic acids is 1. The Hall–Kier alpha value is -1.26. The molecule has 21 heavy (non-hydrogen) atoms. The van der Waals surface area contributed by atoms with E-state index in [9.17, 15) is 4.79 Å². The lowest BCUT2D eigenvalue weighted by Crippen LogP contribution is -2.38. The predicted octanol–water partition coefficient (Wildman–Crippen LogP) is 2.94. The molecule has 0 spiro atoms. The van der Waals surface area contributed by atoms with Gasteiger partial charge in [-0.3, -0.25) is 4.90 Å². The Morgan fingerprint density at radius 3 is 2.71 bits per heavy atom. The number of benzene rings is 1. The van der Waals surface area contributed by atoms with Crippen molar-refractivity contribution < 1.29 is 14.3 Å². The van der Waals surface area contributed by atoms with E-state index in [4.69, 9.17) is 16.3 Å². The third-order valence-corrected chi connectivity index (χ3v) is 4.29. The van der Waals surface area contributed by atoms with E-state index in [-0.39, 0.29) is 17.4 Å². The summed E-state index contributed by atoms with van der Waals surface area (Å²) < 4.78 is 10.5. The van der Waals surface area contributed by atoms with Gasteiger partial charge < -0.3 is 9.47 Å². The van der Waals surface area contributed by atoms with Gasteiger partial charge in [0.2, 0.25) is 0 Å². The molecule has 0 radical (unpaired) electrons. The molecule has 2 rings (SSSR count). The number of esters is 1. The Labute approximate surface area is 131 Å². The van der Waals surface area contributed by atoms with E-state index in [2.05, 4.69) is 16.6 Å². The van der Waals surface area contributed by atoms with Crippen LogP contribution in [-0.4, -0.2) is 49.1 Å². The van der Waals surface area contributed by atoms with Crippen LogP contribution in [0.4, 0.5) is 0 Å². The van der Waals surface area contributed by atoms with Gasteiger partial charge >= 0.3 is 5.97 Å². The molecule has 0 saturated carbocycles. The molecule has 1 aliphatic heterocycles. The number of carbonyl (C=O) groups is 1. The van der Waals surface area contributed by atoms with E-state index in [1.54, 1.807) is 24.3 Å². The van der Waals surface area contributed by atoms with Gasteiger partial charge in [0.1, 0.15) is 12.4 Å². The molecular weight excluding hydrogens is 290 g/mol. The summed E-state index contributed by atoms with van der Waals surface area (Å²) in [4.78, 5) is 13.8. The molecule has 0 amide bonds. The minimum atomic E-state index is -0.340. The number of halogens is 1. The normalized spacial score (nSPS) is 22.2. The van der Waals surface area contributed by atoms with E-state index in [1.165, 1.54) is 7.11 Å². The second-order valence-corrected chi connectivity index (χ2v) is 5.80. The molecule has 1 unspecified atom stereocenters. The highest BCUT2D eigenvalue weighted by Crippen LogP contribution is 2.24. The number of hydrogen-bond acceptors (Lipinski definition) is 4. The lowest BCUT2D eigenvalue weighted by molar-refractivity contribution is 0.0600. The molecule has 1 aromatic rings. The maximum absolute atomic E-state index is 11.4. The number of ether oxygens (including phenoxy) is 2. The van der Waals surface area contributed by atoms with Crippen molar-refractivity contribution in [2.45, 2.75) is 31.2 Å². The van der Waals surface area contributed by atoms with Crippen LogP contribution in [0.15, 0.2) is 24.3 Å². The Kier molecular flexibility index (Phi) is 5.88. The average molecular weight is 312 g/mol. The van der Waals surface area contributed by atoms with Crippen LogP contribution in [-0.2, 0) is 4.74 Å². The molecule has 1 aliphatic rings. The highest BCUT2D eigenvalue weighted by molar-refractivity contribution is 6.21. The van der Waals surface area contributed by atoms with Crippen molar-refractivity contribution in [3.8, 4) is 5.75 Å². The Bertz CT molecular complexity index is 461. The maximum atomic E-state index is 11.4. The van der Waals surface area contributed by atoms with Crippen LogP contribution >= 0.6 is 11.6 Å². The standard InChI is InChI=1S/C16H22ClNO3/c1-3-9-18-10-8-14(17)15(18)11-21-13-6-4-12(5-7-13)16(19)20-2/h4-7,14-15H,3,8-11H2,1-2H3/t14?,15-/m0/s1. The number of alkyl halides is 1. The van der Waals surface area contributed by atoms with Crippen molar-refractivity contribution in [1.82, 2.24) is 4.90 Å². The van der Waals surface area contributed by atoms with Gasteiger partial charge in [-0.1, -0.05) is 6.92 Å². The van der Waals surface area contributed by atoms with Gasteiger partial charge in [-0.25, -0.2) is 4.79 Å². The van der Waals surface area contributed by atoms with Crippen LogP contribution in [0.5, 0.6) is 5.75 Å². The number of hydrogen-bond donors (Lipinski definition) is 0. The Balaban J connectivity index is 1.91. The van der Waals surface area contributed by atoms with Crippen molar-refractivity contribution in [3.63, 3.8) is 0 Å². The number of likely N-dealkylation sites (tertiary alicyclic amines) is 1. The van der Waals surface area contributed by atoms with Crippen molar-refractivity contribution in [2.75, 3.05) is 26.8 Å². The third kappa shape index (κ3) is 4.11. The Morgan fingerprint density at radius 1 is 1.38 bits per heavy atom. The number of rotatable bonds is 6. The molecule has 116 valence electrons. The lowest BCUT2D eigenvalue weighted by atomic mass is 10.2. The van der Waals surface area contributed by atoms with E-state index in [0.29, 0.717) is 12.2 Å². The van der Waals surface area contributed by atoms with Crippen molar-refractivity contribution >= 4 is 17.6 Å². The summed E-state index contributed by atoms with van der Waals surface area (Å²) in [6, 6.07) is 7.24. The fourth-order valence-corrected chi connectivity index (χ4v) is 2.97. The Morgan fingerprint density at radius 2 is 2.10 bits per heavy atom. The van der Waals surface area contributed by atoms with Crippen LogP contribution in [0, 0.1) is 0 Å². The molecule has 1 saturated heterocycles. The number of nitrogens with zero attached hydrogens (tertiary/aromatic N) is 1. The second kappa shape index (κ2) is 7.66. The third-order valence-electron chi connectivity index (χ3n) is 3.79. The zero-order valence-corrected chi connectivity index (χ0v) is 13.3. The fraction of sp³-hybridized carbons (Fsp3) is 0.562. The van der Waals surface area contributed by atoms with Gasteiger partial charge in [-0.15, -0.1) is 11.6 Å². The number of methoxy groups -OCH3 is 1. The summed E-state index contributed by atoms with van der Waals surface area (Å²) >= 11 is 6.38. The second-order valence-electron chi connectivity index (χ2n) is 5.23. The van der Waals surface area contributed by atoms with E-state index in [1.807, 2.05) is 0 Å². The summed E-state index contributed by atoms with van der Waals surface area (Å²) in [5.41, 5.74) is 0.522. The highest BCUT2D eigenvalue weighted by atomic mass is 35.5. The minimum absolute atomic E-state index is 0.144. The summed E-state index contributed by atoms with van der Waals surface area (Å²) in [5, 5.41) is 0.144. The smallest absolute Gasteiger partial charge is 0.337 e. The molecule has 0 aliphatic carbocycles. The van der Waals surface area contributed by atoms with Gasteiger partial charge in [0.15, 0.2) is 0 Å². The van der Waals surface area contributed by atoms with Crippen molar-refractivity contribution in [1.29, 1.82) is 0 Å². The molecule has 0 aromatic heterocycles. The molecule has 0 bridgehead atoms. The van der Waals surface area contributed by atoms with Crippen molar-refractivity contribution in [3.05, 3.63) is 29.8 Å². The van der Waals surface area contributed by atoms with Crippen LogP contribution in [0.1, 0.15) is 30.1 Å². The van der Waals surface area contributed by atoms with Gasteiger partial charge in [-0.2, -0.15) is 0 Å². The molecule has 4 nitrogen and oxygen atoms in total. The summed E-state index contributed by atoms with van der Waals surface area (Å²) in [6.45, 7) is 4.84. The molecular formula is C16H22ClNO3. The zero-order chi connectivity index (χ0) is 15.2. The van der Waals surface area contributed by atoms with Crippen LogP contribution < -0.4 is 4.74 Å². The first-order valence-corrected chi connectivity index (χ1v) is 7.78. The lowest BCUT2D eigenvalue weighted by Gasteiger charge is -2.25. The van der Waals surface area contributed by atoms with Gasteiger partial charge in [-0.05, 0) is 43.7 Å². The molecule has 1 fully saturated rings. The quantitative estimate of drug-likeness (QED) is 0.598. The monoisotopic (exact) mass is 311 g/mol. The zero-order valence-electron chi connectivity index (χ0n) is 12.5. The molecule has 5 heteroatoms. The molecule has 0 N–H and O–H groups in total. The van der Waals surface area contributed by atoms with Gasteiger partial charge in [0, 0.05) is 6.54 Å². The SMILES string of the molecule is CCCN1CCC(Cl)[C@@H]1COc1ccc(C(=O)OC)cc1. The molecule has 1 aromatic carbocycles. The minimum Gasteiger partial charge on any atom is -0.492 e.